The number of carbonyl (C=O) groups is 1. The van der Waals surface area contributed by atoms with Gasteiger partial charge in [0.15, 0.2) is 5.69 Å². The van der Waals surface area contributed by atoms with Crippen molar-refractivity contribution >= 4 is 29.1 Å². The van der Waals surface area contributed by atoms with Crippen LogP contribution >= 0.6 is 23.1 Å². The van der Waals surface area contributed by atoms with E-state index in [9.17, 15) is 9.90 Å². The van der Waals surface area contributed by atoms with Gasteiger partial charge in [-0.05, 0) is 44.0 Å². The first-order valence-corrected chi connectivity index (χ1v) is 12.4. The highest BCUT2D eigenvalue weighted by atomic mass is 32.2. The number of nitrogens with zero attached hydrogens (tertiary/aromatic N) is 4. The lowest BCUT2D eigenvalue weighted by Crippen LogP contribution is -2.09. The van der Waals surface area contributed by atoms with Crippen molar-refractivity contribution in [2.75, 3.05) is 0 Å². The fourth-order valence-electron chi connectivity index (χ4n) is 3.81. The predicted octanol–water partition coefficient (Wildman–Crippen LogP) is 6.11. The maximum atomic E-state index is 12.4. The van der Waals surface area contributed by atoms with E-state index in [0.717, 1.165) is 26.9 Å². The summed E-state index contributed by atoms with van der Waals surface area (Å²) in [6.07, 6.45) is 0.685. The highest BCUT2D eigenvalue weighted by Crippen LogP contribution is 2.37. The second-order valence-corrected chi connectivity index (χ2v) is 11.0. The third-order valence-electron chi connectivity index (χ3n) is 5.02. The van der Waals surface area contributed by atoms with E-state index in [1.165, 1.54) is 21.6 Å². The van der Waals surface area contributed by atoms with Crippen LogP contribution in [0.2, 0.25) is 0 Å². The van der Waals surface area contributed by atoms with Gasteiger partial charge in [-0.15, -0.1) is 11.8 Å². The molecule has 0 amide bonds. The Bertz CT molecular complexity index is 1290. The van der Waals surface area contributed by atoms with Crippen LogP contribution in [0.5, 0.6) is 0 Å². The zero-order valence-electron chi connectivity index (χ0n) is 19.3. The van der Waals surface area contributed by atoms with Gasteiger partial charge in [0.2, 0.25) is 5.13 Å². The molecular formula is C25H26N4O2S2. The Kier molecular flexibility index (Phi) is 6.67. The number of aromatic nitrogens is 4. The SMILES string of the molecule is Cc1cc(-c2c(C)nn(-c3nc(Cc4ccccc4)c(SC(C)C)s3)c2C(=O)O)cc(C)n1. The summed E-state index contributed by atoms with van der Waals surface area (Å²) in [6.45, 7) is 9.93. The fourth-order valence-corrected chi connectivity index (χ4v) is 6.26. The number of hydrogen-bond donors (Lipinski definition) is 1. The lowest BCUT2D eigenvalue weighted by atomic mass is 10.0. The smallest absolute Gasteiger partial charge is 0.355 e. The van der Waals surface area contributed by atoms with Crippen molar-refractivity contribution in [3.63, 3.8) is 0 Å². The second-order valence-electron chi connectivity index (χ2n) is 8.22. The van der Waals surface area contributed by atoms with E-state index in [2.05, 4.69) is 36.1 Å². The van der Waals surface area contributed by atoms with Gasteiger partial charge in [0.05, 0.1) is 15.6 Å². The summed E-state index contributed by atoms with van der Waals surface area (Å²) in [4.78, 5) is 21.7. The summed E-state index contributed by atoms with van der Waals surface area (Å²) in [6, 6.07) is 14.0. The van der Waals surface area contributed by atoms with Gasteiger partial charge >= 0.3 is 5.97 Å². The van der Waals surface area contributed by atoms with Gasteiger partial charge in [-0.3, -0.25) is 4.98 Å². The molecule has 0 aliphatic heterocycles. The third-order valence-corrected chi connectivity index (χ3v) is 7.35. The van der Waals surface area contributed by atoms with Crippen LogP contribution in [0.25, 0.3) is 16.3 Å². The zero-order chi connectivity index (χ0) is 23.7. The summed E-state index contributed by atoms with van der Waals surface area (Å²) in [5.74, 6) is -1.03. The standard InChI is InChI=1S/C25H26N4O2S2/c1-14(2)32-24-20(13-18-9-7-6-8-10-18)27-25(33-24)29-22(23(30)31)21(17(5)28-29)19-11-15(3)26-16(4)12-19/h6-12,14H,13H2,1-5H3,(H,30,31). The number of thioether (sulfide) groups is 1. The maximum Gasteiger partial charge on any atom is 0.355 e. The van der Waals surface area contributed by atoms with Crippen LogP contribution in [0.3, 0.4) is 0 Å². The van der Waals surface area contributed by atoms with Crippen molar-refractivity contribution in [1.29, 1.82) is 0 Å². The Balaban J connectivity index is 1.86. The number of carboxylic acids is 1. The molecule has 3 aromatic heterocycles. The molecule has 6 nitrogen and oxygen atoms in total. The molecule has 0 unspecified atom stereocenters. The summed E-state index contributed by atoms with van der Waals surface area (Å²) in [7, 11) is 0. The maximum absolute atomic E-state index is 12.4. The van der Waals surface area contributed by atoms with E-state index < -0.39 is 5.97 Å². The topological polar surface area (TPSA) is 80.9 Å². The van der Waals surface area contributed by atoms with Gasteiger partial charge in [-0.2, -0.15) is 9.78 Å². The third kappa shape index (κ3) is 5.02. The van der Waals surface area contributed by atoms with Gasteiger partial charge < -0.3 is 5.11 Å². The van der Waals surface area contributed by atoms with Crippen LogP contribution in [0.1, 0.15) is 52.7 Å². The fraction of sp³-hybridized carbons (Fsp3) is 0.280. The summed E-state index contributed by atoms with van der Waals surface area (Å²) < 4.78 is 2.58. The first kappa shape index (κ1) is 23.2. The number of rotatable bonds is 7. The monoisotopic (exact) mass is 478 g/mol. The Morgan fingerprint density at radius 2 is 1.76 bits per heavy atom. The predicted molar refractivity (Wildman–Crippen MR) is 134 cm³/mol. The quantitative estimate of drug-likeness (QED) is 0.323. The number of carboxylic acid groups (broad SMARTS) is 1. The van der Waals surface area contributed by atoms with E-state index in [1.54, 1.807) is 11.8 Å². The minimum atomic E-state index is -1.03. The second kappa shape index (κ2) is 9.49. The Labute approximate surface area is 201 Å². The van der Waals surface area contributed by atoms with Crippen molar-refractivity contribution in [3.8, 4) is 16.3 Å². The van der Waals surface area contributed by atoms with Crippen LogP contribution in [0.4, 0.5) is 0 Å². The van der Waals surface area contributed by atoms with Crippen molar-refractivity contribution in [1.82, 2.24) is 19.7 Å². The molecule has 1 N–H and O–H groups in total. The van der Waals surface area contributed by atoms with E-state index in [4.69, 9.17) is 4.98 Å². The van der Waals surface area contributed by atoms with Gasteiger partial charge in [-0.25, -0.2) is 9.78 Å². The van der Waals surface area contributed by atoms with Crippen molar-refractivity contribution in [2.24, 2.45) is 0 Å². The van der Waals surface area contributed by atoms with Crippen LogP contribution in [-0.2, 0) is 6.42 Å². The molecule has 170 valence electrons. The van der Waals surface area contributed by atoms with Crippen LogP contribution in [0.15, 0.2) is 46.7 Å². The molecule has 0 saturated carbocycles. The Hall–Kier alpha value is -2.97. The van der Waals surface area contributed by atoms with E-state index in [0.29, 0.717) is 28.1 Å². The molecule has 0 saturated heterocycles. The van der Waals surface area contributed by atoms with E-state index in [-0.39, 0.29) is 5.69 Å². The normalized spacial score (nSPS) is 11.3. The molecule has 0 atom stereocenters. The number of hydrogen-bond acceptors (Lipinski definition) is 6. The molecule has 0 bridgehead atoms. The molecule has 4 rings (SSSR count). The molecule has 8 heteroatoms. The zero-order valence-corrected chi connectivity index (χ0v) is 20.9. The molecular weight excluding hydrogens is 452 g/mol. The first-order chi connectivity index (χ1) is 15.7. The van der Waals surface area contributed by atoms with Crippen molar-refractivity contribution in [3.05, 3.63) is 76.5 Å². The minimum absolute atomic E-state index is 0.124. The Morgan fingerprint density at radius 3 is 2.36 bits per heavy atom. The molecule has 33 heavy (non-hydrogen) atoms. The van der Waals surface area contributed by atoms with Crippen LogP contribution < -0.4 is 0 Å². The number of pyridine rings is 1. The van der Waals surface area contributed by atoms with Gasteiger partial charge in [0.25, 0.3) is 0 Å². The largest absolute Gasteiger partial charge is 0.476 e. The summed E-state index contributed by atoms with van der Waals surface area (Å²) >= 11 is 3.24. The average molecular weight is 479 g/mol. The van der Waals surface area contributed by atoms with Crippen LogP contribution in [-0.4, -0.2) is 36.1 Å². The minimum Gasteiger partial charge on any atom is -0.476 e. The molecule has 0 aliphatic rings. The molecule has 0 aliphatic carbocycles. The van der Waals surface area contributed by atoms with Gasteiger partial charge in [-0.1, -0.05) is 55.5 Å². The molecule has 0 spiro atoms. The highest BCUT2D eigenvalue weighted by Gasteiger charge is 2.26. The first-order valence-electron chi connectivity index (χ1n) is 10.7. The van der Waals surface area contributed by atoms with Crippen molar-refractivity contribution < 1.29 is 9.90 Å². The van der Waals surface area contributed by atoms with E-state index in [1.807, 2.05) is 51.1 Å². The number of benzene rings is 1. The van der Waals surface area contributed by atoms with E-state index >= 15 is 0 Å². The number of thiazole rings is 1. The number of aryl methyl sites for hydroxylation is 3. The number of aromatic carboxylic acids is 1. The van der Waals surface area contributed by atoms with Gasteiger partial charge in [0.1, 0.15) is 0 Å². The lowest BCUT2D eigenvalue weighted by molar-refractivity contribution is 0.0688. The molecule has 1 aromatic carbocycles. The highest BCUT2D eigenvalue weighted by molar-refractivity contribution is 8.01. The summed E-state index contributed by atoms with van der Waals surface area (Å²) in [5.41, 5.74) is 5.97. The van der Waals surface area contributed by atoms with Crippen molar-refractivity contribution in [2.45, 2.75) is 50.5 Å². The molecule has 4 aromatic rings. The Morgan fingerprint density at radius 1 is 1.09 bits per heavy atom. The molecule has 3 heterocycles. The summed E-state index contributed by atoms with van der Waals surface area (Å²) in [5, 5.41) is 15.8. The van der Waals surface area contributed by atoms with Gasteiger partial charge in [0, 0.05) is 28.6 Å². The lowest BCUT2D eigenvalue weighted by Gasteiger charge is -2.06. The van der Waals surface area contributed by atoms with Crippen LogP contribution in [0, 0.1) is 20.8 Å². The average Bonchev–Trinajstić information content (AvgIpc) is 3.28. The molecule has 0 fully saturated rings. The molecule has 0 radical (unpaired) electrons.